The molecule has 0 saturated carbocycles. The maximum atomic E-state index is 10.9. The zero-order valence-corrected chi connectivity index (χ0v) is 32.5. The van der Waals surface area contributed by atoms with Crippen molar-refractivity contribution in [1.29, 1.82) is 0 Å². The van der Waals surface area contributed by atoms with Crippen LogP contribution in [0.4, 0.5) is 0 Å². The summed E-state index contributed by atoms with van der Waals surface area (Å²) in [5.41, 5.74) is 0.330. The molecule has 1 rings (SSSR count). The molecule has 1 saturated heterocycles. The van der Waals surface area contributed by atoms with Gasteiger partial charge in [-0.25, -0.2) is 0 Å². The lowest BCUT2D eigenvalue weighted by Crippen LogP contribution is -2.57. The average Bonchev–Trinajstić information content (AvgIpc) is 3.93. The summed E-state index contributed by atoms with van der Waals surface area (Å²) in [6, 6.07) is 0. The van der Waals surface area contributed by atoms with Crippen LogP contribution in [0.1, 0.15) is 146 Å². The fraction of sp³-hybridized carbons (Fsp3) is 0.857. The highest BCUT2D eigenvalue weighted by molar-refractivity contribution is 5.08. The molecule has 0 aromatic heterocycles. The predicted octanol–water partition coefficient (Wildman–Crippen LogP) is 11.1. The van der Waals surface area contributed by atoms with Crippen molar-refractivity contribution in [2.75, 3.05) is 39.6 Å². The zero-order chi connectivity index (χ0) is 35.2. The number of ether oxygens (including phenoxy) is 4. The van der Waals surface area contributed by atoms with Crippen molar-refractivity contribution >= 4 is 0 Å². The molecular formula is C42H78O5. The Morgan fingerprint density at radius 1 is 0.766 bits per heavy atom. The molecule has 1 N–H and O–H groups in total. The van der Waals surface area contributed by atoms with E-state index in [1.807, 2.05) is 18.2 Å². The van der Waals surface area contributed by atoms with E-state index in [2.05, 4.69) is 68.9 Å². The van der Waals surface area contributed by atoms with Crippen LogP contribution in [0, 0.1) is 34.0 Å². The standard InChI is InChI=1S/C42H78O5/c1-11-21-23-25-27-44-30-37(43)31-46-34-39(40(15-5,16-6)26-24-22-12-2)42(19-9,20-10)41(17-7,18-8)36(28-35(13-3)14-4)29-45-32-38-33-47-38/h11,21,23,25,27,35-39,43H,1,12-20,22,24,26,28-34H2,2-10H3/b23-21-,27-25-. The third kappa shape index (κ3) is 12.6. The van der Waals surface area contributed by atoms with Gasteiger partial charge in [0.05, 0.1) is 39.3 Å². The van der Waals surface area contributed by atoms with Gasteiger partial charge in [-0.3, -0.25) is 0 Å². The lowest BCUT2D eigenvalue weighted by molar-refractivity contribution is -0.169. The summed E-state index contributed by atoms with van der Waals surface area (Å²) in [6.07, 6.45) is 23.9. The molecule has 4 unspecified atom stereocenters. The molecular weight excluding hydrogens is 584 g/mol. The van der Waals surface area contributed by atoms with Crippen molar-refractivity contribution in [3.8, 4) is 0 Å². The summed E-state index contributed by atoms with van der Waals surface area (Å²) in [5.74, 6) is 1.53. The first-order chi connectivity index (χ1) is 22.7. The first kappa shape index (κ1) is 43.9. The van der Waals surface area contributed by atoms with Gasteiger partial charge in [0.1, 0.15) is 18.8 Å². The Kier molecular flexibility index (Phi) is 22.5. The van der Waals surface area contributed by atoms with Gasteiger partial charge in [0.15, 0.2) is 0 Å². The molecule has 4 atom stereocenters. The van der Waals surface area contributed by atoms with E-state index < -0.39 is 6.10 Å². The van der Waals surface area contributed by atoms with Gasteiger partial charge in [-0.05, 0) is 78.6 Å². The summed E-state index contributed by atoms with van der Waals surface area (Å²) >= 11 is 0. The third-order valence-corrected chi connectivity index (χ3v) is 12.6. The second-order valence-corrected chi connectivity index (χ2v) is 14.4. The van der Waals surface area contributed by atoms with Gasteiger partial charge >= 0.3 is 0 Å². The second kappa shape index (κ2) is 24.1. The highest BCUT2D eigenvalue weighted by Gasteiger charge is 2.59. The van der Waals surface area contributed by atoms with E-state index >= 15 is 0 Å². The van der Waals surface area contributed by atoms with Crippen molar-refractivity contribution in [3.05, 3.63) is 37.1 Å². The van der Waals surface area contributed by atoms with Crippen LogP contribution in [-0.4, -0.2) is 57.0 Å². The van der Waals surface area contributed by atoms with E-state index in [-0.39, 0.29) is 35.6 Å². The van der Waals surface area contributed by atoms with E-state index in [4.69, 9.17) is 18.9 Å². The molecule has 0 amide bonds. The first-order valence-electron chi connectivity index (χ1n) is 19.7. The van der Waals surface area contributed by atoms with Crippen LogP contribution in [0.25, 0.3) is 0 Å². The average molecular weight is 663 g/mol. The van der Waals surface area contributed by atoms with Gasteiger partial charge < -0.3 is 24.1 Å². The molecule has 1 heterocycles. The highest BCUT2D eigenvalue weighted by atomic mass is 16.6. The van der Waals surface area contributed by atoms with Crippen molar-refractivity contribution in [2.45, 2.75) is 158 Å². The van der Waals surface area contributed by atoms with Crippen molar-refractivity contribution < 1.29 is 24.1 Å². The molecule has 5 heteroatoms. The fourth-order valence-corrected chi connectivity index (χ4v) is 9.42. The Hall–Kier alpha value is -1.14. The van der Waals surface area contributed by atoms with Crippen LogP contribution in [0.15, 0.2) is 37.1 Å². The Balaban J connectivity index is 3.62. The van der Waals surface area contributed by atoms with Crippen molar-refractivity contribution in [3.63, 3.8) is 0 Å². The number of hydrogen-bond donors (Lipinski definition) is 1. The minimum Gasteiger partial charge on any atom is -0.498 e. The summed E-state index contributed by atoms with van der Waals surface area (Å²) in [7, 11) is 0. The molecule has 0 radical (unpaired) electrons. The summed E-state index contributed by atoms with van der Waals surface area (Å²) in [5, 5.41) is 10.9. The Morgan fingerprint density at radius 2 is 1.40 bits per heavy atom. The van der Waals surface area contributed by atoms with Crippen LogP contribution in [0.3, 0.4) is 0 Å². The Bertz CT molecular complexity index is 830. The lowest BCUT2D eigenvalue weighted by atomic mass is 9.43. The van der Waals surface area contributed by atoms with Crippen LogP contribution in [0.2, 0.25) is 0 Å². The SMILES string of the molecule is C=C/C=C\C=C/OCC(O)COCC(C(CC)(CC)CCCCC)C(CC)(CC)C(CC)(CC)C(COCC1CO1)CC(CC)CC. The Labute approximate surface area is 292 Å². The zero-order valence-electron chi connectivity index (χ0n) is 32.5. The molecule has 1 fully saturated rings. The minimum absolute atomic E-state index is 0.0621. The molecule has 5 nitrogen and oxygen atoms in total. The predicted molar refractivity (Wildman–Crippen MR) is 201 cm³/mol. The largest absolute Gasteiger partial charge is 0.498 e. The fourth-order valence-electron chi connectivity index (χ4n) is 9.42. The van der Waals surface area contributed by atoms with Gasteiger partial charge in [-0.15, -0.1) is 0 Å². The van der Waals surface area contributed by atoms with Crippen LogP contribution >= 0.6 is 0 Å². The van der Waals surface area contributed by atoms with Crippen LogP contribution < -0.4 is 0 Å². The van der Waals surface area contributed by atoms with Gasteiger partial charge in [0.2, 0.25) is 0 Å². The number of unbranched alkanes of at least 4 members (excludes halogenated alkanes) is 2. The number of rotatable bonds is 31. The highest BCUT2D eigenvalue weighted by Crippen LogP contribution is 2.65. The van der Waals surface area contributed by atoms with Gasteiger partial charge in [0, 0.05) is 0 Å². The number of aliphatic hydroxyl groups excluding tert-OH is 1. The third-order valence-electron chi connectivity index (χ3n) is 12.6. The number of epoxide rings is 1. The van der Waals surface area contributed by atoms with Gasteiger partial charge in [0.25, 0.3) is 0 Å². The van der Waals surface area contributed by atoms with Gasteiger partial charge in [-0.2, -0.15) is 0 Å². The number of aliphatic hydroxyl groups is 1. The monoisotopic (exact) mass is 663 g/mol. The van der Waals surface area contributed by atoms with Crippen LogP contribution in [0.5, 0.6) is 0 Å². The number of hydrogen-bond acceptors (Lipinski definition) is 5. The quantitative estimate of drug-likeness (QED) is 0.0346. The molecule has 47 heavy (non-hydrogen) atoms. The Morgan fingerprint density at radius 3 is 1.91 bits per heavy atom. The molecule has 0 bridgehead atoms. The summed E-state index contributed by atoms with van der Waals surface area (Å²) in [6.45, 7) is 28.9. The van der Waals surface area contributed by atoms with E-state index in [9.17, 15) is 5.11 Å². The second-order valence-electron chi connectivity index (χ2n) is 14.4. The summed E-state index contributed by atoms with van der Waals surface area (Å²) < 4.78 is 24.4. The maximum absolute atomic E-state index is 10.9. The minimum atomic E-state index is -0.679. The van der Waals surface area contributed by atoms with Gasteiger partial charge in [-0.1, -0.05) is 132 Å². The van der Waals surface area contributed by atoms with E-state index in [1.165, 1.54) is 44.9 Å². The smallest absolute Gasteiger partial charge is 0.115 e. The molecule has 1 aliphatic heterocycles. The topological polar surface area (TPSA) is 60.5 Å². The van der Waals surface area contributed by atoms with E-state index in [0.29, 0.717) is 31.0 Å². The number of allylic oxidation sites excluding steroid dienone is 4. The van der Waals surface area contributed by atoms with Crippen molar-refractivity contribution in [1.82, 2.24) is 0 Å². The first-order valence-corrected chi connectivity index (χ1v) is 19.7. The van der Waals surface area contributed by atoms with Crippen LogP contribution in [-0.2, 0) is 18.9 Å². The molecule has 0 aromatic rings. The lowest BCUT2D eigenvalue weighted by Gasteiger charge is -2.62. The molecule has 1 aliphatic rings. The maximum Gasteiger partial charge on any atom is 0.115 e. The van der Waals surface area contributed by atoms with Crippen molar-refractivity contribution in [2.24, 2.45) is 34.0 Å². The molecule has 0 spiro atoms. The van der Waals surface area contributed by atoms with E-state index in [1.54, 1.807) is 12.3 Å². The molecule has 276 valence electrons. The summed E-state index contributed by atoms with van der Waals surface area (Å²) in [4.78, 5) is 0. The molecule has 0 aliphatic carbocycles. The normalized spacial score (nSPS) is 17.9. The molecule has 0 aromatic carbocycles. The van der Waals surface area contributed by atoms with E-state index in [0.717, 1.165) is 51.7 Å².